The van der Waals surface area contributed by atoms with Gasteiger partial charge in [-0.05, 0) is 35.9 Å². The second-order valence-electron chi connectivity index (χ2n) is 3.33. The van der Waals surface area contributed by atoms with Gasteiger partial charge in [0.1, 0.15) is 0 Å². The van der Waals surface area contributed by atoms with Crippen LogP contribution in [0.4, 0.5) is 5.69 Å². The maximum Gasteiger partial charge on any atom is 0.0376 e. The molecule has 1 nitrogen and oxygen atoms in total. The second-order valence-corrected chi connectivity index (χ2v) is 4.78. The van der Waals surface area contributed by atoms with Crippen LogP contribution >= 0.6 is 11.8 Å². The molecule has 1 aromatic rings. The summed E-state index contributed by atoms with van der Waals surface area (Å²) in [7, 11) is 0. The number of hydrogen-bond donors (Lipinski definition) is 1. The van der Waals surface area contributed by atoms with Crippen LogP contribution in [-0.4, -0.2) is 0 Å². The van der Waals surface area contributed by atoms with Crippen LogP contribution in [0.2, 0.25) is 0 Å². The van der Waals surface area contributed by atoms with Crippen LogP contribution in [0.25, 0.3) is 0 Å². The summed E-state index contributed by atoms with van der Waals surface area (Å²) in [5, 5.41) is 0.587. The van der Waals surface area contributed by atoms with Crippen molar-refractivity contribution in [2.24, 2.45) is 0 Å². The maximum atomic E-state index is 5.73. The molecule has 0 fully saturated rings. The van der Waals surface area contributed by atoms with E-state index in [2.05, 4.69) is 25.1 Å². The third-order valence-corrected chi connectivity index (χ3v) is 3.52. The maximum absolute atomic E-state index is 5.73. The van der Waals surface area contributed by atoms with E-state index in [1.54, 1.807) is 0 Å². The molecule has 0 saturated carbocycles. The second kappa shape index (κ2) is 3.46. The van der Waals surface area contributed by atoms with Crippen molar-refractivity contribution in [3.8, 4) is 0 Å². The Bertz CT molecular complexity index is 344. The van der Waals surface area contributed by atoms with Crippen LogP contribution in [0, 0.1) is 0 Å². The highest BCUT2D eigenvalue weighted by atomic mass is 32.2. The van der Waals surface area contributed by atoms with E-state index in [4.69, 9.17) is 5.73 Å². The minimum Gasteiger partial charge on any atom is -0.399 e. The lowest BCUT2D eigenvalue weighted by Crippen LogP contribution is -1.91. The van der Waals surface area contributed by atoms with Crippen LogP contribution in [0.1, 0.15) is 24.2 Å². The van der Waals surface area contributed by atoms with Gasteiger partial charge in [-0.15, -0.1) is 11.8 Å². The largest absolute Gasteiger partial charge is 0.399 e. The van der Waals surface area contributed by atoms with E-state index in [1.165, 1.54) is 10.5 Å². The quantitative estimate of drug-likeness (QED) is 0.689. The molecular weight excluding hydrogens is 178 g/mol. The summed E-state index contributed by atoms with van der Waals surface area (Å²) in [5.74, 6) is 0. The van der Waals surface area contributed by atoms with Crippen molar-refractivity contribution in [3.05, 3.63) is 40.8 Å². The van der Waals surface area contributed by atoms with Gasteiger partial charge in [0.2, 0.25) is 0 Å². The van der Waals surface area contributed by atoms with Gasteiger partial charge in [0.25, 0.3) is 0 Å². The van der Waals surface area contributed by atoms with Crippen LogP contribution in [0.5, 0.6) is 0 Å². The zero-order valence-corrected chi connectivity index (χ0v) is 8.47. The predicted octanol–water partition coefficient (Wildman–Crippen LogP) is 3.35. The van der Waals surface area contributed by atoms with E-state index >= 15 is 0 Å². The van der Waals surface area contributed by atoms with E-state index in [-0.39, 0.29) is 0 Å². The SMILES string of the molecule is CC1=CCC(c2cccc(N)c2)S1. The molecule has 2 heteroatoms. The van der Waals surface area contributed by atoms with Crippen molar-refractivity contribution in [1.82, 2.24) is 0 Å². The van der Waals surface area contributed by atoms with Gasteiger partial charge in [-0.3, -0.25) is 0 Å². The molecule has 1 aromatic carbocycles. The lowest BCUT2D eigenvalue weighted by molar-refractivity contribution is 0.990. The van der Waals surface area contributed by atoms with Gasteiger partial charge in [0, 0.05) is 10.9 Å². The first-order valence-electron chi connectivity index (χ1n) is 4.44. The Morgan fingerprint density at radius 2 is 2.31 bits per heavy atom. The first kappa shape index (κ1) is 8.70. The topological polar surface area (TPSA) is 26.0 Å². The van der Waals surface area contributed by atoms with E-state index in [0.717, 1.165) is 12.1 Å². The number of allylic oxidation sites excluding steroid dienone is 2. The van der Waals surface area contributed by atoms with Gasteiger partial charge < -0.3 is 5.73 Å². The minimum absolute atomic E-state index is 0.587. The summed E-state index contributed by atoms with van der Waals surface area (Å²) >= 11 is 1.93. The number of thioether (sulfide) groups is 1. The Hall–Kier alpha value is -0.890. The summed E-state index contributed by atoms with van der Waals surface area (Å²) in [5.41, 5.74) is 7.94. The normalized spacial score (nSPS) is 21.6. The number of hydrogen-bond acceptors (Lipinski definition) is 2. The number of nitrogen functional groups attached to an aromatic ring is 1. The molecule has 0 aromatic heterocycles. The smallest absolute Gasteiger partial charge is 0.0376 e. The van der Waals surface area contributed by atoms with Crippen LogP contribution < -0.4 is 5.73 Å². The van der Waals surface area contributed by atoms with Gasteiger partial charge in [0.15, 0.2) is 0 Å². The first-order valence-corrected chi connectivity index (χ1v) is 5.32. The summed E-state index contributed by atoms with van der Waals surface area (Å²) in [4.78, 5) is 1.42. The average molecular weight is 191 g/mol. The Morgan fingerprint density at radius 1 is 1.46 bits per heavy atom. The highest BCUT2D eigenvalue weighted by molar-refractivity contribution is 8.03. The highest BCUT2D eigenvalue weighted by Crippen LogP contribution is 2.43. The average Bonchev–Trinajstić information content (AvgIpc) is 2.52. The number of anilines is 1. The monoisotopic (exact) mass is 191 g/mol. The number of rotatable bonds is 1. The van der Waals surface area contributed by atoms with E-state index < -0.39 is 0 Å². The Morgan fingerprint density at radius 3 is 2.92 bits per heavy atom. The summed E-state index contributed by atoms with van der Waals surface area (Å²) in [6.07, 6.45) is 3.43. The predicted molar refractivity (Wildman–Crippen MR) is 59.6 cm³/mol. The summed E-state index contributed by atoms with van der Waals surface area (Å²) in [6, 6.07) is 8.19. The van der Waals surface area contributed by atoms with Crippen molar-refractivity contribution in [1.29, 1.82) is 0 Å². The fraction of sp³-hybridized carbons (Fsp3) is 0.273. The van der Waals surface area contributed by atoms with Crippen molar-refractivity contribution in [2.45, 2.75) is 18.6 Å². The molecule has 1 aliphatic heterocycles. The molecular formula is C11H13NS. The molecule has 0 spiro atoms. The highest BCUT2D eigenvalue weighted by Gasteiger charge is 2.16. The molecule has 1 unspecified atom stereocenters. The molecule has 0 aliphatic carbocycles. The van der Waals surface area contributed by atoms with E-state index in [9.17, 15) is 0 Å². The van der Waals surface area contributed by atoms with Crippen molar-refractivity contribution >= 4 is 17.4 Å². The number of benzene rings is 1. The standard InChI is InChI=1S/C11H13NS/c1-8-5-6-11(13-8)9-3-2-4-10(12)7-9/h2-5,7,11H,6,12H2,1H3. The number of nitrogens with two attached hydrogens (primary N) is 1. The Kier molecular flexibility index (Phi) is 2.32. The van der Waals surface area contributed by atoms with Crippen LogP contribution in [-0.2, 0) is 0 Å². The van der Waals surface area contributed by atoms with Gasteiger partial charge in [-0.2, -0.15) is 0 Å². The molecule has 0 bridgehead atoms. The lowest BCUT2D eigenvalue weighted by atomic mass is 10.1. The van der Waals surface area contributed by atoms with E-state index in [0.29, 0.717) is 5.25 Å². The molecule has 1 heterocycles. The molecule has 2 rings (SSSR count). The zero-order valence-electron chi connectivity index (χ0n) is 7.66. The third kappa shape index (κ3) is 1.89. The third-order valence-electron chi connectivity index (χ3n) is 2.23. The Balaban J connectivity index is 2.18. The fourth-order valence-corrected chi connectivity index (χ4v) is 2.67. The van der Waals surface area contributed by atoms with Crippen molar-refractivity contribution in [2.75, 3.05) is 5.73 Å². The van der Waals surface area contributed by atoms with Gasteiger partial charge >= 0.3 is 0 Å². The van der Waals surface area contributed by atoms with Gasteiger partial charge in [-0.25, -0.2) is 0 Å². The first-order chi connectivity index (χ1) is 6.25. The van der Waals surface area contributed by atoms with Crippen molar-refractivity contribution < 1.29 is 0 Å². The van der Waals surface area contributed by atoms with Crippen LogP contribution in [0.15, 0.2) is 35.2 Å². The molecule has 13 heavy (non-hydrogen) atoms. The van der Waals surface area contributed by atoms with Crippen LogP contribution in [0.3, 0.4) is 0 Å². The Labute approximate surface area is 83.0 Å². The van der Waals surface area contributed by atoms with E-state index in [1.807, 2.05) is 23.9 Å². The summed E-state index contributed by atoms with van der Waals surface area (Å²) in [6.45, 7) is 2.16. The van der Waals surface area contributed by atoms with Gasteiger partial charge in [-0.1, -0.05) is 18.2 Å². The molecule has 0 radical (unpaired) electrons. The molecule has 0 saturated heterocycles. The molecule has 68 valence electrons. The lowest BCUT2D eigenvalue weighted by Gasteiger charge is -2.09. The molecule has 0 amide bonds. The molecule has 2 N–H and O–H groups in total. The van der Waals surface area contributed by atoms with Crippen molar-refractivity contribution in [3.63, 3.8) is 0 Å². The van der Waals surface area contributed by atoms with Gasteiger partial charge in [0.05, 0.1) is 0 Å². The molecule has 1 aliphatic rings. The minimum atomic E-state index is 0.587. The fourth-order valence-electron chi connectivity index (χ4n) is 1.56. The summed E-state index contributed by atoms with van der Waals surface area (Å²) < 4.78 is 0. The molecule has 1 atom stereocenters. The zero-order chi connectivity index (χ0) is 9.26.